The van der Waals surface area contributed by atoms with Gasteiger partial charge < -0.3 is 10.1 Å². The number of hydrogen-bond acceptors (Lipinski definition) is 6. The molecule has 1 aromatic carbocycles. The summed E-state index contributed by atoms with van der Waals surface area (Å²) in [5.74, 6) is 0. The average Bonchev–Trinajstić information content (AvgIpc) is 2.62. The summed E-state index contributed by atoms with van der Waals surface area (Å²) in [5, 5.41) is 2.44. The van der Waals surface area contributed by atoms with E-state index >= 15 is 0 Å². The standard InChI is InChI=1S/C15H23N3O6S2/c1-2-3-8-16-15(19)17-25(20,21)13-4-6-14(7-5-13)26(22,23)18-9-11-24-12-10-18/h4-7H,2-3,8-12H2,1H3,(H2,16,17,19). The fourth-order valence-corrected chi connectivity index (χ4v) is 4.66. The number of ether oxygens (including phenoxy) is 1. The van der Waals surface area contributed by atoms with Crippen LogP contribution in [0.2, 0.25) is 0 Å². The van der Waals surface area contributed by atoms with Gasteiger partial charge in [-0.05, 0) is 30.7 Å². The first-order valence-corrected chi connectivity index (χ1v) is 11.2. The molecule has 0 atom stereocenters. The number of amides is 2. The molecule has 0 aromatic heterocycles. The molecule has 2 amide bonds. The lowest BCUT2D eigenvalue weighted by molar-refractivity contribution is 0.0730. The van der Waals surface area contributed by atoms with Gasteiger partial charge in [0, 0.05) is 19.6 Å². The van der Waals surface area contributed by atoms with Crippen molar-refractivity contribution in [3.05, 3.63) is 24.3 Å². The van der Waals surface area contributed by atoms with E-state index in [-0.39, 0.29) is 22.9 Å². The van der Waals surface area contributed by atoms with Crippen molar-refractivity contribution in [1.29, 1.82) is 0 Å². The molecule has 0 spiro atoms. The third-order valence-electron chi connectivity index (χ3n) is 3.78. The molecule has 0 aliphatic carbocycles. The molecule has 0 radical (unpaired) electrons. The predicted molar refractivity (Wildman–Crippen MR) is 94.6 cm³/mol. The van der Waals surface area contributed by atoms with Gasteiger partial charge in [0.15, 0.2) is 0 Å². The second kappa shape index (κ2) is 8.80. The Morgan fingerprint density at radius 3 is 2.23 bits per heavy atom. The molecule has 1 saturated heterocycles. The van der Waals surface area contributed by atoms with Gasteiger partial charge in [0.2, 0.25) is 10.0 Å². The number of sulfonamides is 2. The quantitative estimate of drug-likeness (QED) is 0.637. The Morgan fingerprint density at radius 1 is 1.08 bits per heavy atom. The van der Waals surface area contributed by atoms with E-state index < -0.39 is 26.1 Å². The Labute approximate surface area is 153 Å². The second-order valence-corrected chi connectivity index (χ2v) is 9.32. The van der Waals surface area contributed by atoms with E-state index in [2.05, 4.69) is 5.32 Å². The number of urea groups is 1. The first-order valence-electron chi connectivity index (χ1n) is 8.26. The molecule has 0 saturated carbocycles. The van der Waals surface area contributed by atoms with Crippen molar-refractivity contribution in [3.63, 3.8) is 0 Å². The van der Waals surface area contributed by atoms with Crippen molar-refractivity contribution < 1.29 is 26.4 Å². The van der Waals surface area contributed by atoms with E-state index in [1.165, 1.54) is 16.4 Å². The summed E-state index contributed by atoms with van der Waals surface area (Å²) in [5.41, 5.74) is 0. The van der Waals surface area contributed by atoms with Crippen LogP contribution in [-0.4, -0.2) is 60.0 Å². The van der Waals surface area contributed by atoms with Gasteiger partial charge in [-0.1, -0.05) is 13.3 Å². The SMILES string of the molecule is CCCCNC(=O)NS(=O)(=O)c1ccc(S(=O)(=O)N2CCOCC2)cc1. The molecule has 26 heavy (non-hydrogen) atoms. The van der Waals surface area contributed by atoms with Crippen molar-refractivity contribution in [2.24, 2.45) is 0 Å². The summed E-state index contributed by atoms with van der Waals surface area (Å²) in [6.07, 6.45) is 1.60. The third kappa shape index (κ3) is 5.16. The highest BCUT2D eigenvalue weighted by Crippen LogP contribution is 2.19. The summed E-state index contributed by atoms with van der Waals surface area (Å²) >= 11 is 0. The first kappa shape index (κ1) is 20.6. The Kier molecular flexibility index (Phi) is 6.98. The van der Waals surface area contributed by atoms with Crippen LogP contribution in [0.1, 0.15) is 19.8 Å². The van der Waals surface area contributed by atoms with Gasteiger partial charge in [0.1, 0.15) is 0 Å². The van der Waals surface area contributed by atoms with Crippen LogP contribution < -0.4 is 10.0 Å². The van der Waals surface area contributed by atoms with Crippen LogP contribution in [0.3, 0.4) is 0 Å². The molecule has 1 heterocycles. The van der Waals surface area contributed by atoms with Crippen molar-refractivity contribution >= 4 is 26.1 Å². The predicted octanol–water partition coefficient (Wildman–Crippen LogP) is 0.496. The molecule has 0 unspecified atom stereocenters. The molecular formula is C15H23N3O6S2. The molecule has 9 nitrogen and oxygen atoms in total. The number of nitrogens with one attached hydrogen (secondary N) is 2. The minimum Gasteiger partial charge on any atom is -0.379 e. The molecule has 146 valence electrons. The lowest BCUT2D eigenvalue weighted by Gasteiger charge is -2.26. The van der Waals surface area contributed by atoms with Gasteiger partial charge >= 0.3 is 6.03 Å². The van der Waals surface area contributed by atoms with E-state index in [4.69, 9.17) is 4.74 Å². The van der Waals surface area contributed by atoms with Crippen LogP contribution in [0, 0.1) is 0 Å². The zero-order valence-electron chi connectivity index (χ0n) is 14.5. The maximum absolute atomic E-state index is 12.5. The van der Waals surface area contributed by atoms with Crippen LogP contribution in [0.4, 0.5) is 4.79 Å². The molecule has 1 aromatic rings. The second-order valence-electron chi connectivity index (χ2n) is 5.70. The minimum atomic E-state index is -4.07. The number of morpholine rings is 1. The van der Waals surface area contributed by atoms with Gasteiger partial charge in [-0.25, -0.2) is 26.4 Å². The van der Waals surface area contributed by atoms with E-state index in [1.54, 1.807) is 0 Å². The van der Waals surface area contributed by atoms with Crippen molar-refractivity contribution in [1.82, 2.24) is 14.3 Å². The molecule has 1 aliphatic heterocycles. The average molecular weight is 405 g/mol. The number of carbonyl (C=O) groups excluding carboxylic acids is 1. The topological polar surface area (TPSA) is 122 Å². The summed E-state index contributed by atoms with van der Waals surface area (Å²) in [6.45, 7) is 3.46. The third-order valence-corrected chi connectivity index (χ3v) is 7.04. The zero-order valence-corrected chi connectivity index (χ0v) is 16.1. The minimum absolute atomic E-state index is 0.00857. The Morgan fingerprint density at radius 2 is 1.65 bits per heavy atom. The molecule has 1 fully saturated rings. The molecule has 1 aliphatic rings. The van der Waals surface area contributed by atoms with Crippen LogP contribution in [0.5, 0.6) is 0 Å². The van der Waals surface area contributed by atoms with Crippen LogP contribution >= 0.6 is 0 Å². The number of carbonyl (C=O) groups is 1. The summed E-state index contributed by atoms with van der Waals surface area (Å²) in [6, 6.07) is 3.94. The number of benzene rings is 1. The van der Waals surface area contributed by atoms with Gasteiger partial charge in [-0.2, -0.15) is 4.31 Å². The smallest absolute Gasteiger partial charge is 0.328 e. The van der Waals surface area contributed by atoms with E-state index in [1.807, 2.05) is 11.6 Å². The van der Waals surface area contributed by atoms with Crippen molar-refractivity contribution in [2.75, 3.05) is 32.8 Å². The monoisotopic (exact) mass is 405 g/mol. The first-order chi connectivity index (χ1) is 12.3. The largest absolute Gasteiger partial charge is 0.379 e. The van der Waals surface area contributed by atoms with Gasteiger partial charge in [0.25, 0.3) is 10.0 Å². The maximum Gasteiger partial charge on any atom is 0.328 e. The summed E-state index contributed by atoms with van der Waals surface area (Å²) in [7, 11) is -7.78. The van der Waals surface area contributed by atoms with Gasteiger partial charge in [-0.3, -0.25) is 0 Å². The number of hydrogen-bond donors (Lipinski definition) is 2. The molecule has 11 heteroatoms. The number of nitrogens with zero attached hydrogens (tertiary/aromatic N) is 1. The number of unbranched alkanes of at least 4 members (excludes halogenated alkanes) is 1. The molecule has 2 rings (SSSR count). The Balaban J connectivity index is 2.09. The van der Waals surface area contributed by atoms with E-state index in [9.17, 15) is 21.6 Å². The molecule has 0 bridgehead atoms. The van der Waals surface area contributed by atoms with Crippen LogP contribution in [0.25, 0.3) is 0 Å². The van der Waals surface area contributed by atoms with E-state index in [0.717, 1.165) is 25.0 Å². The molecule has 2 N–H and O–H groups in total. The lowest BCUT2D eigenvalue weighted by atomic mass is 10.3. The highest BCUT2D eigenvalue weighted by atomic mass is 32.2. The van der Waals surface area contributed by atoms with Crippen molar-refractivity contribution in [3.8, 4) is 0 Å². The molecular weight excluding hydrogens is 382 g/mol. The summed E-state index contributed by atoms with van der Waals surface area (Å²) in [4.78, 5) is 11.4. The van der Waals surface area contributed by atoms with Crippen molar-refractivity contribution in [2.45, 2.75) is 29.6 Å². The fraction of sp³-hybridized carbons (Fsp3) is 0.533. The lowest BCUT2D eigenvalue weighted by Crippen LogP contribution is -2.40. The zero-order chi connectivity index (χ0) is 19.2. The Bertz CT molecular complexity index is 815. The Hall–Kier alpha value is -1.69. The van der Waals surface area contributed by atoms with Gasteiger partial charge in [-0.15, -0.1) is 0 Å². The highest BCUT2D eigenvalue weighted by Gasteiger charge is 2.27. The van der Waals surface area contributed by atoms with Gasteiger partial charge in [0.05, 0.1) is 23.0 Å². The maximum atomic E-state index is 12.5. The fourth-order valence-electron chi connectivity index (χ4n) is 2.32. The highest BCUT2D eigenvalue weighted by molar-refractivity contribution is 7.90. The van der Waals surface area contributed by atoms with E-state index in [0.29, 0.717) is 19.8 Å². The van der Waals surface area contributed by atoms with Crippen LogP contribution in [-0.2, 0) is 24.8 Å². The normalized spacial score (nSPS) is 16.2. The summed E-state index contributed by atoms with van der Waals surface area (Å²) < 4.78 is 57.7. The number of rotatable bonds is 7. The van der Waals surface area contributed by atoms with Crippen LogP contribution in [0.15, 0.2) is 34.1 Å².